The van der Waals surface area contributed by atoms with E-state index in [0.29, 0.717) is 11.4 Å². The molecule has 1 aliphatic heterocycles. The maximum Gasteiger partial charge on any atom is 0.237 e. The van der Waals surface area contributed by atoms with E-state index in [9.17, 15) is 4.79 Å². The fourth-order valence-corrected chi connectivity index (χ4v) is 3.43. The molecule has 1 aromatic carbocycles. The number of hydrogen-bond acceptors (Lipinski definition) is 3. The third kappa shape index (κ3) is 3.48. The zero-order valence-corrected chi connectivity index (χ0v) is 11.0. The average molecular weight is 250 g/mol. The van der Waals surface area contributed by atoms with Gasteiger partial charge < -0.3 is 10.6 Å². The topological polar surface area (TPSA) is 41.1 Å². The van der Waals surface area contributed by atoms with E-state index in [1.165, 1.54) is 0 Å². The molecule has 3 atom stereocenters. The van der Waals surface area contributed by atoms with Gasteiger partial charge in [-0.25, -0.2) is 0 Å². The number of para-hydroxylation sites is 1. The van der Waals surface area contributed by atoms with Crippen molar-refractivity contribution in [2.45, 2.75) is 36.9 Å². The second-order valence-corrected chi connectivity index (χ2v) is 5.97. The van der Waals surface area contributed by atoms with Crippen molar-refractivity contribution < 1.29 is 4.79 Å². The number of thioether (sulfide) groups is 1. The minimum absolute atomic E-state index is 0.0430. The van der Waals surface area contributed by atoms with E-state index in [4.69, 9.17) is 0 Å². The second-order valence-electron chi connectivity index (χ2n) is 4.43. The molecule has 92 valence electrons. The van der Waals surface area contributed by atoms with Gasteiger partial charge in [0.05, 0.1) is 10.6 Å². The average Bonchev–Trinajstić information content (AvgIpc) is 2.29. The van der Waals surface area contributed by atoms with Crippen LogP contribution in [0.25, 0.3) is 0 Å². The van der Waals surface area contributed by atoms with E-state index < -0.39 is 0 Å². The maximum absolute atomic E-state index is 12.1. The van der Waals surface area contributed by atoms with Crippen molar-refractivity contribution in [3.8, 4) is 0 Å². The molecule has 2 N–H and O–H groups in total. The Kier molecular flexibility index (Phi) is 4.07. The Balaban J connectivity index is 1.96. The lowest BCUT2D eigenvalue weighted by Crippen LogP contribution is -2.44. The van der Waals surface area contributed by atoms with E-state index >= 15 is 0 Å². The summed E-state index contributed by atoms with van der Waals surface area (Å²) in [7, 11) is 0. The Hall–Kier alpha value is -1.00. The maximum atomic E-state index is 12.1. The highest BCUT2D eigenvalue weighted by Crippen LogP contribution is 2.27. The number of nitrogens with one attached hydrogen (secondary N) is 2. The fourth-order valence-electron chi connectivity index (χ4n) is 2.04. The summed E-state index contributed by atoms with van der Waals surface area (Å²) in [6, 6.07) is 10.0. The summed E-state index contributed by atoms with van der Waals surface area (Å²) in [5.74, 6) is 0.112. The Morgan fingerprint density at radius 3 is 2.71 bits per heavy atom. The predicted octanol–water partition coefficient (Wildman–Crippen LogP) is 2.45. The highest BCUT2D eigenvalue weighted by molar-refractivity contribution is 8.01. The Morgan fingerprint density at radius 2 is 2.06 bits per heavy atom. The SMILES string of the molecule is CC1CC(C(=O)Nc2ccccc2)SC(C)N1. The molecule has 0 bridgehead atoms. The van der Waals surface area contributed by atoms with Crippen LogP contribution in [0.1, 0.15) is 20.3 Å². The van der Waals surface area contributed by atoms with Crippen molar-refractivity contribution in [3.63, 3.8) is 0 Å². The van der Waals surface area contributed by atoms with Crippen LogP contribution in [0.2, 0.25) is 0 Å². The lowest BCUT2D eigenvalue weighted by Gasteiger charge is -2.31. The molecule has 1 amide bonds. The summed E-state index contributed by atoms with van der Waals surface area (Å²) >= 11 is 1.69. The van der Waals surface area contributed by atoms with Gasteiger partial charge in [0.2, 0.25) is 5.91 Å². The molecule has 0 radical (unpaired) electrons. The van der Waals surface area contributed by atoms with E-state index in [-0.39, 0.29) is 11.2 Å². The smallest absolute Gasteiger partial charge is 0.237 e. The van der Waals surface area contributed by atoms with Gasteiger partial charge in [-0.2, -0.15) is 0 Å². The second kappa shape index (κ2) is 5.56. The molecule has 0 aliphatic carbocycles. The molecule has 0 spiro atoms. The van der Waals surface area contributed by atoms with Crippen LogP contribution in [0.15, 0.2) is 30.3 Å². The van der Waals surface area contributed by atoms with E-state index in [2.05, 4.69) is 24.5 Å². The first-order valence-electron chi connectivity index (χ1n) is 5.92. The van der Waals surface area contributed by atoms with Crippen molar-refractivity contribution >= 4 is 23.4 Å². The number of amides is 1. The van der Waals surface area contributed by atoms with Gasteiger partial charge in [0.15, 0.2) is 0 Å². The number of benzene rings is 1. The first-order chi connectivity index (χ1) is 8.15. The Morgan fingerprint density at radius 1 is 1.35 bits per heavy atom. The van der Waals surface area contributed by atoms with Crippen molar-refractivity contribution in [3.05, 3.63) is 30.3 Å². The molecule has 17 heavy (non-hydrogen) atoms. The zero-order chi connectivity index (χ0) is 12.3. The van der Waals surface area contributed by atoms with Crippen LogP contribution in [0.3, 0.4) is 0 Å². The lowest BCUT2D eigenvalue weighted by atomic mass is 10.1. The summed E-state index contributed by atoms with van der Waals surface area (Å²) in [5.41, 5.74) is 0.872. The van der Waals surface area contributed by atoms with Crippen molar-refractivity contribution in [1.29, 1.82) is 0 Å². The Labute approximate surface area is 106 Å². The number of anilines is 1. The van der Waals surface area contributed by atoms with Gasteiger partial charge in [0.25, 0.3) is 0 Å². The van der Waals surface area contributed by atoms with Crippen LogP contribution in [0.5, 0.6) is 0 Å². The van der Waals surface area contributed by atoms with Crippen molar-refractivity contribution in [2.24, 2.45) is 0 Å². The molecular weight excluding hydrogens is 232 g/mol. The minimum atomic E-state index is 0.0430. The standard InChI is InChI=1S/C13H18N2OS/c1-9-8-12(17-10(2)14-9)13(16)15-11-6-4-3-5-7-11/h3-7,9-10,12,14H,8H2,1-2H3,(H,15,16). The third-order valence-electron chi connectivity index (χ3n) is 2.79. The van der Waals surface area contributed by atoms with E-state index in [1.54, 1.807) is 11.8 Å². The predicted molar refractivity (Wildman–Crippen MR) is 73.1 cm³/mol. The highest BCUT2D eigenvalue weighted by atomic mass is 32.2. The molecule has 4 heteroatoms. The van der Waals surface area contributed by atoms with Gasteiger partial charge in [0, 0.05) is 11.7 Å². The lowest BCUT2D eigenvalue weighted by molar-refractivity contribution is -0.116. The molecular formula is C13H18N2OS. The Bertz CT molecular complexity index is 372. The van der Waals surface area contributed by atoms with Crippen LogP contribution in [-0.4, -0.2) is 22.6 Å². The van der Waals surface area contributed by atoms with Crippen molar-refractivity contribution in [1.82, 2.24) is 5.32 Å². The molecule has 0 saturated carbocycles. The molecule has 0 aromatic heterocycles. The van der Waals surface area contributed by atoms with E-state index in [1.807, 2.05) is 30.3 Å². The van der Waals surface area contributed by atoms with Crippen LogP contribution < -0.4 is 10.6 Å². The summed E-state index contributed by atoms with van der Waals surface area (Å²) in [4.78, 5) is 12.1. The molecule has 1 fully saturated rings. The number of carbonyl (C=O) groups excluding carboxylic acids is 1. The first kappa shape index (κ1) is 12.5. The monoisotopic (exact) mass is 250 g/mol. The summed E-state index contributed by atoms with van der Waals surface area (Å²) in [5, 5.41) is 6.76. The van der Waals surface area contributed by atoms with Gasteiger partial charge in [-0.1, -0.05) is 18.2 Å². The van der Waals surface area contributed by atoms with Gasteiger partial charge in [-0.15, -0.1) is 11.8 Å². The largest absolute Gasteiger partial charge is 0.325 e. The molecule has 1 saturated heterocycles. The first-order valence-corrected chi connectivity index (χ1v) is 6.87. The quantitative estimate of drug-likeness (QED) is 0.847. The van der Waals surface area contributed by atoms with E-state index in [0.717, 1.165) is 12.1 Å². The summed E-state index contributed by atoms with van der Waals surface area (Å²) in [6.45, 7) is 4.22. The van der Waals surface area contributed by atoms with Crippen molar-refractivity contribution in [2.75, 3.05) is 5.32 Å². The molecule has 1 heterocycles. The molecule has 3 unspecified atom stereocenters. The normalized spacial score (nSPS) is 28.7. The van der Waals surface area contributed by atoms with Crippen LogP contribution in [-0.2, 0) is 4.79 Å². The van der Waals surface area contributed by atoms with Crippen LogP contribution in [0.4, 0.5) is 5.69 Å². The number of carbonyl (C=O) groups is 1. The number of hydrogen-bond donors (Lipinski definition) is 2. The highest BCUT2D eigenvalue weighted by Gasteiger charge is 2.28. The van der Waals surface area contributed by atoms with Gasteiger partial charge >= 0.3 is 0 Å². The number of rotatable bonds is 2. The summed E-state index contributed by atoms with van der Waals surface area (Å²) < 4.78 is 0. The molecule has 1 aliphatic rings. The van der Waals surface area contributed by atoms with Gasteiger partial charge in [0.1, 0.15) is 0 Å². The molecule has 3 nitrogen and oxygen atoms in total. The summed E-state index contributed by atoms with van der Waals surface area (Å²) in [6.07, 6.45) is 0.883. The van der Waals surface area contributed by atoms with Crippen LogP contribution in [0, 0.1) is 0 Å². The van der Waals surface area contributed by atoms with Gasteiger partial charge in [-0.05, 0) is 32.4 Å². The molecule has 1 aromatic rings. The molecule has 2 rings (SSSR count). The fraction of sp³-hybridized carbons (Fsp3) is 0.462. The van der Waals surface area contributed by atoms with Gasteiger partial charge in [-0.3, -0.25) is 4.79 Å². The van der Waals surface area contributed by atoms with Crippen LogP contribution >= 0.6 is 11.8 Å². The minimum Gasteiger partial charge on any atom is -0.325 e. The zero-order valence-electron chi connectivity index (χ0n) is 10.1. The third-order valence-corrected chi connectivity index (χ3v) is 4.07.